The van der Waals surface area contributed by atoms with Crippen molar-refractivity contribution in [1.82, 2.24) is 19.9 Å². The predicted octanol–water partition coefficient (Wildman–Crippen LogP) is 1.34. The van der Waals surface area contributed by atoms with Crippen LogP contribution in [0.2, 0.25) is 0 Å². The molecule has 122 valence electrons. The molecule has 1 saturated heterocycles. The maximum absolute atomic E-state index is 5.92. The van der Waals surface area contributed by atoms with E-state index in [0.29, 0.717) is 11.6 Å². The van der Waals surface area contributed by atoms with Crippen LogP contribution in [0.3, 0.4) is 0 Å². The van der Waals surface area contributed by atoms with Crippen molar-refractivity contribution in [1.29, 1.82) is 0 Å². The zero-order valence-corrected chi connectivity index (χ0v) is 13.5. The van der Waals surface area contributed by atoms with Gasteiger partial charge in [0.25, 0.3) is 0 Å². The van der Waals surface area contributed by atoms with Crippen LogP contribution >= 0.6 is 0 Å². The maximum atomic E-state index is 5.92. The maximum Gasteiger partial charge on any atom is 0.245 e. The van der Waals surface area contributed by atoms with E-state index in [1.807, 2.05) is 6.07 Å². The summed E-state index contributed by atoms with van der Waals surface area (Å²) in [7, 11) is 2.13. The molecule has 0 radical (unpaired) electrons. The first-order chi connectivity index (χ1) is 11.2. The predicted molar refractivity (Wildman–Crippen MR) is 88.3 cm³/mol. The SMILES string of the molecule is CN1CCN(c2cc(-c3nc4c(o3)CCCC4)nc(N)n2)CC1. The molecule has 23 heavy (non-hydrogen) atoms. The number of aromatic nitrogens is 3. The molecule has 0 bridgehead atoms. The Morgan fingerprint density at radius 1 is 1.04 bits per heavy atom. The van der Waals surface area contributed by atoms with E-state index in [4.69, 9.17) is 10.2 Å². The first-order valence-corrected chi connectivity index (χ1v) is 8.26. The summed E-state index contributed by atoms with van der Waals surface area (Å²) < 4.78 is 5.92. The van der Waals surface area contributed by atoms with Gasteiger partial charge in [0.05, 0.1) is 5.69 Å². The lowest BCUT2D eigenvalue weighted by Gasteiger charge is -2.33. The van der Waals surface area contributed by atoms with E-state index < -0.39 is 0 Å². The summed E-state index contributed by atoms with van der Waals surface area (Å²) in [5.41, 5.74) is 7.68. The lowest BCUT2D eigenvalue weighted by molar-refractivity contribution is 0.312. The van der Waals surface area contributed by atoms with Gasteiger partial charge in [-0.1, -0.05) is 0 Å². The summed E-state index contributed by atoms with van der Waals surface area (Å²) in [6.07, 6.45) is 4.30. The lowest BCUT2D eigenvalue weighted by atomic mass is 10.0. The average Bonchev–Trinajstić information content (AvgIpc) is 2.99. The van der Waals surface area contributed by atoms with Crippen LogP contribution in [0.5, 0.6) is 0 Å². The monoisotopic (exact) mass is 314 g/mol. The van der Waals surface area contributed by atoms with Crippen LogP contribution in [0.15, 0.2) is 10.5 Å². The number of nitrogens with zero attached hydrogens (tertiary/aromatic N) is 5. The topological polar surface area (TPSA) is 84.3 Å². The second kappa shape index (κ2) is 5.81. The van der Waals surface area contributed by atoms with Crippen molar-refractivity contribution < 1.29 is 4.42 Å². The number of aryl methyl sites for hydroxylation is 2. The van der Waals surface area contributed by atoms with Crippen LogP contribution in [0.1, 0.15) is 24.3 Å². The van der Waals surface area contributed by atoms with E-state index in [2.05, 4.69) is 31.8 Å². The van der Waals surface area contributed by atoms with E-state index in [9.17, 15) is 0 Å². The Morgan fingerprint density at radius 2 is 1.83 bits per heavy atom. The number of oxazole rings is 1. The highest BCUT2D eigenvalue weighted by atomic mass is 16.4. The minimum atomic E-state index is 0.271. The van der Waals surface area contributed by atoms with Crippen molar-refractivity contribution in [3.8, 4) is 11.6 Å². The standard InChI is InChI=1S/C16H22N6O/c1-21-6-8-22(9-7-21)14-10-12(19-16(17)20-14)15-18-11-4-2-3-5-13(11)23-15/h10H,2-9H2,1H3,(H2,17,19,20). The fraction of sp³-hybridized carbons (Fsp3) is 0.562. The minimum absolute atomic E-state index is 0.271. The molecule has 0 saturated carbocycles. The number of fused-ring (bicyclic) bond motifs is 1. The van der Waals surface area contributed by atoms with E-state index in [0.717, 1.165) is 56.3 Å². The Bertz CT molecular complexity index is 681. The normalized spacial score (nSPS) is 18.9. The summed E-state index contributed by atoms with van der Waals surface area (Å²) in [5, 5.41) is 0. The Morgan fingerprint density at radius 3 is 2.61 bits per heavy atom. The van der Waals surface area contributed by atoms with Crippen molar-refractivity contribution in [3.63, 3.8) is 0 Å². The highest BCUT2D eigenvalue weighted by Gasteiger charge is 2.21. The number of nitrogens with two attached hydrogens (primary N) is 1. The molecule has 0 spiro atoms. The molecule has 0 amide bonds. The molecule has 2 aromatic rings. The summed E-state index contributed by atoms with van der Waals surface area (Å²) >= 11 is 0. The smallest absolute Gasteiger partial charge is 0.245 e. The van der Waals surface area contributed by atoms with Gasteiger partial charge in [-0.15, -0.1) is 0 Å². The van der Waals surface area contributed by atoms with E-state index in [1.165, 1.54) is 12.8 Å². The molecule has 2 aliphatic rings. The highest BCUT2D eigenvalue weighted by molar-refractivity contribution is 5.58. The molecule has 1 aliphatic heterocycles. The third-order valence-electron chi connectivity index (χ3n) is 4.62. The van der Waals surface area contributed by atoms with E-state index in [1.54, 1.807) is 0 Å². The third-order valence-corrected chi connectivity index (χ3v) is 4.62. The number of nitrogen functional groups attached to an aromatic ring is 1. The first kappa shape index (κ1) is 14.4. The molecule has 0 aromatic carbocycles. The molecule has 1 aliphatic carbocycles. The molecule has 7 nitrogen and oxygen atoms in total. The summed E-state index contributed by atoms with van der Waals surface area (Å²) in [6.45, 7) is 3.92. The first-order valence-electron chi connectivity index (χ1n) is 8.26. The van der Waals surface area contributed by atoms with Crippen LogP contribution in [0, 0.1) is 0 Å². The van der Waals surface area contributed by atoms with Crippen LogP contribution in [-0.4, -0.2) is 53.1 Å². The van der Waals surface area contributed by atoms with Gasteiger partial charge in [-0.05, 0) is 26.3 Å². The number of hydrogen-bond donors (Lipinski definition) is 1. The Kier molecular flexibility index (Phi) is 3.65. The number of anilines is 2. The molecule has 4 rings (SSSR count). The molecule has 2 N–H and O–H groups in total. The quantitative estimate of drug-likeness (QED) is 0.895. The summed E-state index contributed by atoms with van der Waals surface area (Å²) in [5.74, 6) is 2.70. The Balaban J connectivity index is 1.65. The molecule has 3 heterocycles. The molecule has 0 unspecified atom stereocenters. The molecule has 0 atom stereocenters. The van der Waals surface area contributed by atoms with Crippen molar-refractivity contribution in [2.45, 2.75) is 25.7 Å². The van der Waals surface area contributed by atoms with Gasteiger partial charge in [-0.2, -0.15) is 4.98 Å². The van der Waals surface area contributed by atoms with Gasteiger partial charge in [0, 0.05) is 38.7 Å². The van der Waals surface area contributed by atoms with Crippen LogP contribution in [0.25, 0.3) is 11.6 Å². The van der Waals surface area contributed by atoms with Gasteiger partial charge in [0.2, 0.25) is 11.8 Å². The van der Waals surface area contributed by atoms with Gasteiger partial charge in [-0.25, -0.2) is 9.97 Å². The zero-order valence-electron chi connectivity index (χ0n) is 13.5. The zero-order chi connectivity index (χ0) is 15.8. The molecule has 2 aromatic heterocycles. The van der Waals surface area contributed by atoms with Crippen molar-refractivity contribution in [3.05, 3.63) is 17.5 Å². The average molecular weight is 314 g/mol. The fourth-order valence-electron chi connectivity index (χ4n) is 3.22. The largest absolute Gasteiger partial charge is 0.440 e. The minimum Gasteiger partial charge on any atom is -0.440 e. The van der Waals surface area contributed by atoms with Gasteiger partial charge in [0.1, 0.15) is 17.3 Å². The molecule has 7 heteroatoms. The van der Waals surface area contributed by atoms with Crippen LogP contribution in [-0.2, 0) is 12.8 Å². The second-order valence-corrected chi connectivity index (χ2v) is 6.36. The summed E-state index contributed by atoms with van der Waals surface area (Å²) in [4.78, 5) is 17.9. The lowest BCUT2D eigenvalue weighted by Crippen LogP contribution is -2.44. The van der Waals surface area contributed by atoms with Crippen LogP contribution < -0.4 is 10.6 Å². The second-order valence-electron chi connectivity index (χ2n) is 6.36. The Hall–Kier alpha value is -2.15. The van der Waals surface area contributed by atoms with Gasteiger partial charge in [-0.3, -0.25) is 0 Å². The fourth-order valence-corrected chi connectivity index (χ4v) is 3.22. The summed E-state index contributed by atoms with van der Waals surface area (Å²) in [6, 6.07) is 1.94. The molecule has 1 fully saturated rings. The molecular formula is C16H22N6O. The third kappa shape index (κ3) is 2.88. The number of likely N-dealkylation sites (N-methyl/N-ethyl adjacent to an activating group) is 1. The number of piperazine rings is 1. The van der Waals surface area contributed by atoms with Crippen molar-refractivity contribution in [2.24, 2.45) is 0 Å². The van der Waals surface area contributed by atoms with E-state index >= 15 is 0 Å². The van der Waals surface area contributed by atoms with Gasteiger partial charge < -0.3 is 20.0 Å². The number of hydrogen-bond acceptors (Lipinski definition) is 7. The van der Waals surface area contributed by atoms with Gasteiger partial charge in [0.15, 0.2) is 0 Å². The van der Waals surface area contributed by atoms with Crippen LogP contribution in [0.4, 0.5) is 11.8 Å². The van der Waals surface area contributed by atoms with Crippen molar-refractivity contribution in [2.75, 3.05) is 43.9 Å². The van der Waals surface area contributed by atoms with Gasteiger partial charge >= 0.3 is 0 Å². The molecular weight excluding hydrogens is 292 g/mol. The van der Waals surface area contributed by atoms with Crippen molar-refractivity contribution >= 4 is 11.8 Å². The number of rotatable bonds is 2. The van der Waals surface area contributed by atoms with E-state index in [-0.39, 0.29) is 5.95 Å². The highest BCUT2D eigenvalue weighted by Crippen LogP contribution is 2.28. The Labute approximate surface area is 135 Å².